The average Bonchev–Trinajstić information content (AvgIpc) is 2.02. The van der Waals surface area contributed by atoms with Crippen molar-refractivity contribution in [2.75, 3.05) is 4.90 Å². The first-order valence-electron chi connectivity index (χ1n) is 28.7. The Labute approximate surface area is 471 Å². The van der Waals surface area contributed by atoms with Crippen LogP contribution in [0.1, 0.15) is 86.1 Å². The van der Waals surface area contributed by atoms with Crippen molar-refractivity contribution in [3.63, 3.8) is 0 Å². The minimum Gasteiger partial charge on any atom is -0.455 e. The van der Waals surface area contributed by atoms with E-state index in [4.69, 9.17) is 8.83 Å². The second-order valence-electron chi connectivity index (χ2n) is 24.9. The zero-order chi connectivity index (χ0) is 54.6. The zero-order valence-corrected chi connectivity index (χ0v) is 46.8. The maximum Gasteiger partial charge on any atom is 0.144 e. The Bertz CT molecular complexity index is 5110. The lowest BCUT2D eigenvalue weighted by molar-refractivity contribution is 0.600. The summed E-state index contributed by atoms with van der Waals surface area (Å²) in [5.41, 5.74) is 30.1. The van der Waals surface area contributed by atoms with Gasteiger partial charge < -0.3 is 18.3 Å². The molecule has 0 unspecified atom stereocenters. The van der Waals surface area contributed by atoms with Crippen LogP contribution in [0.2, 0.25) is 0 Å². The van der Waals surface area contributed by atoms with Crippen LogP contribution in [0.5, 0.6) is 0 Å². The van der Waals surface area contributed by atoms with E-state index in [1.54, 1.807) is 0 Å². The number of furan rings is 2. The van der Waals surface area contributed by atoms with Crippen LogP contribution in [-0.4, -0.2) is 4.57 Å². The molecule has 3 aliphatic rings. The highest BCUT2D eigenvalue weighted by atomic mass is 16.3. The molecule has 3 heterocycles. The molecule has 81 heavy (non-hydrogen) atoms. The van der Waals surface area contributed by atoms with Gasteiger partial charge >= 0.3 is 0 Å². The van der Waals surface area contributed by atoms with E-state index in [1.807, 2.05) is 0 Å². The second-order valence-corrected chi connectivity index (χ2v) is 24.9. The van der Waals surface area contributed by atoms with E-state index in [1.165, 1.54) is 116 Å². The number of nitrogens with zero attached hydrogens (tertiary/aromatic N) is 2. The number of para-hydroxylation sites is 4. The van der Waals surface area contributed by atoms with Crippen molar-refractivity contribution in [1.82, 2.24) is 4.57 Å². The summed E-state index contributed by atoms with van der Waals surface area (Å²) in [4.78, 5) is 2.53. The van der Waals surface area contributed by atoms with Crippen molar-refractivity contribution in [2.45, 2.75) is 71.6 Å². The first kappa shape index (κ1) is 46.5. The fourth-order valence-electron chi connectivity index (χ4n) is 15.6. The molecule has 0 bridgehead atoms. The van der Waals surface area contributed by atoms with Crippen molar-refractivity contribution in [3.05, 3.63) is 251 Å². The summed E-state index contributed by atoms with van der Waals surface area (Å²) >= 11 is 0. The van der Waals surface area contributed by atoms with Crippen molar-refractivity contribution in [3.8, 4) is 50.2 Å². The molecule has 4 heteroatoms. The van der Waals surface area contributed by atoms with Gasteiger partial charge in [0, 0.05) is 82.4 Å². The van der Waals surface area contributed by atoms with Gasteiger partial charge in [-0.15, -0.1) is 0 Å². The fraction of sp³-hybridized carbons (Fsp3) is 0.143. The highest BCUT2D eigenvalue weighted by Crippen LogP contribution is 2.64. The molecule has 17 rings (SSSR count). The van der Waals surface area contributed by atoms with Gasteiger partial charge in [0.15, 0.2) is 0 Å². The summed E-state index contributed by atoms with van der Waals surface area (Å²) in [6, 6.07) is 76.8. The largest absolute Gasteiger partial charge is 0.455 e. The van der Waals surface area contributed by atoms with Crippen LogP contribution in [-0.2, 0) is 16.2 Å². The third kappa shape index (κ3) is 6.04. The maximum absolute atomic E-state index is 7.07. The molecule has 0 saturated heterocycles. The minimum absolute atomic E-state index is 0.255. The number of aryl methyl sites for hydroxylation is 2. The summed E-state index contributed by atoms with van der Waals surface area (Å²) in [6.45, 7) is 19.0. The molecule has 11 aromatic carbocycles. The molecule has 0 atom stereocenters. The Kier molecular flexibility index (Phi) is 9.15. The van der Waals surface area contributed by atoms with E-state index in [2.05, 4.69) is 271 Å². The normalized spacial score (nSPS) is 15.0. The molecule has 3 aliphatic carbocycles. The smallest absolute Gasteiger partial charge is 0.144 e. The van der Waals surface area contributed by atoms with Crippen LogP contribution in [0.4, 0.5) is 17.1 Å². The Balaban J connectivity index is 0.915. The van der Waals surface area contributed by atoms with Gasteiger partial charge in [0.1, 0.15) is 22.3 Å². The van der Waals surface area contributed by atoms with Crippen LogP contribution < -0.4 is 4.90 Å². The maximum atomic E-state index is 7.07. The zero-order valence-electron chi connectivity index (χ0n) is 46.8. The number of benzene rings is 11. The second kappa shape index (κ2) is 15.9. The van der Waals surface area contributed by atoms with E-state index in [0.29, 0.717) is 0 Å². The lowest BCUT2D eigenvalue weighted by Gasteiger charge is -2.32. The Morgan fingerprint density at radius 1 is 0.358 bits per heavy atom. The Morgan fingerprint density at radius 2 is 0.889 bits per heavy atom. The fourth-order valence-corrected chi connectivity index (χ4v) is 15.6. The summed E-state index contributed by atoms with van der Waals surface area (Å²) in [5, 5.41) is 7.14. The summed E-state index contributed by atoms with van der Waals surface area (Å²) < 4.78 is 16.4. The number of anilines is 3. The third-order valence-corrected chi connectivity index (χ3v) is 19.3. The van der Waals surface area contributed by atoms with Crippen LogP contribution >= 0.6 is 0 Å². The number of hydrogen-bond acceptors (Lipinski definition) is 3. The molecule has 0 aliphatic heterocycles. The molecule has 0 amide bonds. The molecule has 0 saturated carbocycles. The molecule has 4 nitrogen and oxygen atoms in total. The minimum atomic E-state index is -0.372. The van der Waals surface area contributed by atoms with Crippen molar-refractivity contribution in [2.24, 2.45) is 0 Å². The van der Waals surface area contributed by atoms with Gasteiger partial charge in [-0.05, 0) is 165 Å². The molecule has 388 valence electrons. The molecule has 14 aromatic rings. The molecule has 0 radical (unpaired) electrons. The topological polar surface area (TPSA) is 34.5 Å². The van der Waals surface area contributed by atoms with E-state index in [9.17, 15) is 0 Å². The van der Waals surface area contributed by atoms with E-state index in [0.717, 1.165) is 61.4 Å². The molecule has 3 aromatic heterocycles. The van der Waals surface area contributed by atoms with Gasteiger partial charge in [-0.3, -0.25) is 0 Å². The highest BCUT2D eigenvalue weighted by Gasteiger charge is 2.49. The number of rotatable bonds is 5. The SMILES string of the molecule is Cc1ccc(-c2cc3c(c4c2oc2ccccc24)-c2ccc(N(c4ccc5c(c4)C(C)(C)c4c6c(c7oc8ccccc8c7c4-5)-c4ccccc4C6(C)C)c4ccc5c(c4)c4ccccc4n5-c4ccccc4)cc2C3(C)C)c(C)c1. The monoisotopic (exact) mass is 1040 g/mol. The number of aromatic nitrogens is 1. The first-order valence-corrected chi connectivity index (χ1v) is 28.7. The number of hydrogen-bond donors (Lipinski definition) is 0. The summed E-state index contributed by atoms with van der Waals surface area (Å²) in [7, 11) is 0. The quantitative estimate of drug-likeness (QED) is 0.172. The van der Waals surface area contributed by atoms with Crippen LogP contribution in [0.25, 0.3) is 116 Å². The Hall–Kier alpha value is -9.38. The van der Waals surface area contributed by atoms with Gasteiger partial charge in [-0.25, -0.2) is 0 Å². The predicted octanol–water partition coefficient (Wildman–Crippen LogP) is 21.3. The summed E-state index contributed by atoms with van der Waals surface area (Å²) in [6.07, 6.45) is 0. The lowest BCUT2D eigenvalue weighted by atomic mass is 9.72. The lowest BCUT2D eigenvalue weighted by Crippen LogP contribution is -2.24. The molecule has 0 fully saturated rings. The van der Waals surface area contributed by atoms with Gasteiger partial charge in [0.2, 0.25) is 0 Å². The molecule has 0 N–H and O–H groups in total. The van der Waals surface area contributed by atoms with E-state index >= 15 is 0 Å². The number of fused-ring (bicyclic) bond motifs is 22. The van der Waals surface area contributed by atoms with Crippen molar-refractivity contribution >= 4 is 82.7 Å². The summed E-state index contributed by atoms with van der Waals surface area (Å²) in [5.74, 6) is 0. The van der Waals surface area contributed by atoms with Gasteiger partial charge in [-0.1, -0.05) is 174 Å². The van der Waals surface area contributed by atoms with Crippen LogP contribution in [0.3, 0.4) is 0 Å². The third-order valence-electron chi connectivity index (χ3n) is 19.3. The molecular formula is C77H58N2O2. The van der Waals surface area contributed by atoms with Crippen LogP contribution in [0.15, 0.2) is 215 Å². The predicted molar refractivity (Wildman–Crippen MR) is 338 cm³/mol. The highest BCUT2D eigenvalue weighted by molar-refractivity contribution is 6.22. The molecular weight excluding hydrogens is 985 g/mol. The van der Waals surface area contributed by atoms with E-state index in [-0.39, 0.29) is 16.2 Å². The van der Waals surface area contributed by atoms with Gasteiger partial charge in [0.25, 0.3) is 0 Å². The molecule has 0 spiro atoms. The average molecular weight is 1040 g/mol. The first-order chi connectivity index (χ1) is 39.3. The van der Waals surface area contributed by atoms with Gasteiger partial charge in [0.05, 0.1) is 11.0 Å². The standard InChI is InChI=1S/C77H58N2O2/c1-43-30-34-49(44(2)38-43)57-42-61-66(68-54-24-14-18-28-64(54)80-73(57)68)52-35-31-47(40-59(52)75(61,3)4)78(46-33-37-63-56(39-46)50-22-13-17-27-62(50)79(63)45-20-10-9-11-21-45)48-32-36-53-60(41-48)77(7,8)71-67(53)69-55-25-15-19-29-65(55)81-74(69)70-51-23-12-16-26-58(51)76(5,6)72(70)71/h9-42H,1-8H3. The van der Waals surface area contributed by atoms with Crippen LogP contribution in [0, 0.1) is 13.8 Å². The van der Waals surface area contributed by atoms with Gasteiger partial charge in [-0.2, -0.15) is 0 Å². The van der Waals surface area contributed by atoms with Crippen molar-refractivity contribution in [1.29, 1.82) is 0 Å². The van der Waals surface area contributed by atoms with E-state index < -0.39 is 0 Å². The Morgan fingerprint density at radius 3 is 1.62 bits per heavy atom. The van der Waals surface area contributed by atoms with Crippen molar-refractivity contribution < 1.29 is 8.83 Å².